The van der Waals surface area contributed by atoms with Crippen LogP contribution in [0.1, 0.15) is 21.5 Å². The first kappa shape index (κ1) is 15.2. The molecule has 0 saturated heterocycles. The van der Waals surface area contributed by atoms with Gasteiger partial charge in [0.2, 0.25) is 0 Å². The summed E-state index contributed by atoms with van der Waals surface area (Å²) < 4.78 is 0. The van der Waals surface area contributed by atoms with Crippen LogP contribution in [0, 0.1) is 0 Å². The normalized spacial score (nSPS) is 16.8. The fourth-order valence-electron chi connectivity index (χ4n) is 3.13. The molecule has 0 fully saturated rings. The summed E-state index contributed by atoms with van der Waals surface area (Å²) in [5.41, 5.74) is 3.97. The Morgan fingerprint density at radius 1 is 1.29 bits per heavy atom. The number of rotatable bonds is 3. The molecule has 122 valence electrons. The monoisotopic (exact) mass is 340 g/mol. The highest BCUT2D eigenvalue weighted by Gasteiger charge is 2.18. The van der Waals surface area contributed by atoms with E-state index in [1.165, 1.54) is 11.1 Å². The number of aromatic nitrogens is 2. The molecule has 1 aliphatic rings. The number of carbonyl (C=O) groups is 1. The third-order valence-corrected chi connectivity index (χ3v) is 4.74. The maximum Gasteiger partial charge on any atom is 0.251 e. The van der Waals surface area contributed by atoms with E-state index in [1.54, 1.807) is 18.3 Å². The molecule has 5 nitrogen and oxygen atoms in total. The Balaban J connectivity index is 1.43. The molecule has 0 spiro atoms. The Kier molecular flexibility index (Phi) is 3.96. The number of H-pyrrole nitrogens is 1. The van der Waals surface area contributed by atoms with Crippen LogP contribution in [-0.2, 0) is 13.0 Å². The Labute approximate surface area is 144 Å². The van der Waals surface area contributed by atoms with E-state index in [0.717, 1.165) is 23.9 Å². The number of nitrogens with one attached hydrogen (secondary N) is 3. The van der Waals surface area contributed by atoms with E-state index >= 15 is 0 Å². The van der Waals surface area contributed by atoms with Crippen LogP contribution < -0.4 is 10.6 Å². The number of benzene rings is 2. The predicted octanol–water partition coefficient (Wildman–Crippen LogP) is 2.66. The first-order valence-corrected chi connectivity index (χ1v) is 8.29. The molecule has 1 aliphatic heterocycles. The zero-order chi connectivity index (χ0) is 16.5. The van der Waals surface area contributed by atoms with Crippen molar-refractivity contribution >= 4 is 28.4 Å². The van der Waals surface area contributed by atoms with Crippen molar-refractivity contribution in [3.8, 4) is 0 Å². The largest absolute Gasteiger partial charge is 0.350 e. The van der Waals surface area contributed by atoms with E-state index in [9.17, 15) is 4.79 Å². The first-order valence-electron chi connectivity index (χ1n) is 7.92. The summed E-state index contributed by atoms with van der Waals surface area (Å²) in [7, 11) is 0. The Bertz CT molecular complexity index is 905. The van der Waals surface area contributed by atoms with Crippen LogP contribution >= 0.6 is 11.6 Å². The molecule has 3 N–H and O–H groups in total. The molecule has 1 atom stereocenters. The fraction of sp³-hybridized carbons (Fsp3) is 0.222. The molecule has 2 heterocycles. The molecule has 24 heavy (non-hydrogen) atoms. The van der Waals surface area contributed by atoms with Gasteiger partial charge in [0.05, 0.1) is 16.7 Å². The van der Waals surface area contributed by atoms with Gasteiger partial charge >= 0.3 is 0 Å². The average molecular weight is 341 g/mol. The number of fused-ring (bicyclic) bond motifs is 2. The van der Waals surface area contributed by atoms with Crippen molar-refractivity contribution in [2.45, 2.75) is 19.0 Å². The van der Waals surface area contributed by atoms with E-state index in [2.05, 4.69) is 45.1 Å². The highest BCUT2D eigenvalue weighted by atomic mass is 35.5. The number of nitrogens with zero attached hydrogens (tertiary/aromatic N) is 1. The zero-order valence-corrected chi connectivity index (χ0v) is 13.7. The molecular weight excluding hydrogens is 324 g/mol. The lowest BCUT2D eigenvalue weighted by Gasteiger charge is -2.26. The third kappa shape index (κ3) is 2.88. The number of aromatic amines is 1. The first-order chi connectivity index (χ1) is 11.7. The summed E-state index contributed by atoms with van der Waals surface area (Å²) >= 11 is 6.19. The molecule has 1 unspecified atom stereocenters. The second kappa shape index (κ2) is 6.26. The quantitative estimate of drug-likeness (QED) is 0.686. The minimum Gasteiger partial charge on any atom is -0.350 e. The summed E-state index contributed by atoms with van der Waals surface area (Å²) in [5, 5.41) is 14.6. The number of hydrogen-bond donors (Lipinski definition) is 3. The lowest BCUT2D eigenvalue weighted by molar-refractivity contribution is 0.0949. The molecule has 2 aromatic carbocycles. The highest BCUT2D eigenvalue weighted by Crippen LogP contribution is 2.23. The summed E-state index contributed by atoms with van der Waals surface area (Å²) in [6, 6.07) is 12.1. The van der Waals surface area contributed by atoms with Gasteiger partial charge in [0.15, 0.2) is 0 Å². The highest BCUT2D eigenvalue weighted by molar-refractivity contribution is 6.35. The van der Waals surface area contributed by atoms with Crippen LogP contribution in [0.5, 0.6) is 0 Å². The molecule has 0 aliphatic carbocycles. The van der Waals surface area contributed by atoms with Gasteiger partial charge in [-0.25, -0.2) is 0 Å². The lowest BCUT2D eigenvalue weighted by atomic mass is 9.96. The Morgan fingerprint density at radius 2 is 2.12 bits per heavy atom. The average Bonchev–Trinajstić information content (AvgIpc) is 3.08. The van der Waals surface area contributed by atoms with Crippen molar-refractivity contribution < 1.29 is 4.79 Å². The van der Waals surface area contributed by atoms with Crippen molar-refractivity contribution in [2.75, 3.05) is 6.54 Å². The maximum atomic E-state index is 12.4. The molecule has 3 aromatic rings. The van der Waals surface area contributed by atoms with Crippen molar-refractivity contribution in [3.05, 3.63) is 64.3 Å². The summed E-state index contributed by atoms with van der Waals surface area (Å²) in [5.74, 6) is -0.124. The molecule has 0 bridgehead atoms. The molecular formula is C18H17ClN4O. The smallest absolute Gasteiger partial charge is 0.251 e. The topological polar surface area (TPSA) is 69.8 Å². The van der Waals surface area contributed by atoms with E-state index in [-0.39, 0.29) is 11.9 Å². The number of amides is 1. The molecule has 4 rings (SSSR count). The fourth-order valence-corrected chi connectivity index (χ4v) is 3.40. The molecule has 1 amide bonds. The lowest BCUT2D eigenvalue weighted by Crippen LogP contribution is -2.44. The third-order valence-electron chi connectivity index (χ3n) is 4.44. The summed E-state index contributed by atoms with van der Waals surface area (Å²) in [6.45, 7) is 1.41. The predicted molar refractivity (Wildman–Crippen MR) is 94.2 cm³/mol. The van der Waals surface area contributed by atoms with Gasteiger partial charge < -0.3 is 10.6 Å². The van der Waals surface area contributed by atoms with E-state index < -0.39 is 0 Å². The molecule has 0 saturated carbocycles. The molecule has 0 radical (unpaired) electrons. The molecule has 6 heteroatoms. The second-order valence-electron chi connectivity index (χ2n) is 6.05. The minimum atomic E-state index is -0.124. The zero-order valence-electron chi connectivity index (χ0n) is 13.0. The minimum absolute atomic E-state index is 0.124. The van der Waals surface area contributed by atoms with Gasteiger partial charge in [0.1, 0.15) is 0 Å². The van der Waals surface area contributed by atoms with Gasteiger partial charge in [0.25, 0.3) is 5.91 Å². The van der Waals surface area contributed by atoms with Gasteiger partial charge in [0, 0.05) is 30.1 Å². The standard InChI is InChI=1S/C18H17ClN4O/c19-16-7-13(5-14-9-22-23-17(14)16)18(24)21-10-15-6-11-3-1-2-4-12(11)8-20-15/h1-5,7,9,15,20H,6,8,10H2,(H,21,24)(H,22,23). The van der Waals surface area contributed by atoms with Crippen molar-refractivity contribution in [2.24, 2.45) is 0 Å². The van der Waals surface area contributed by atoms with E-state index in [4.69, 9.17) is 11.6 Å². The number of carbonyl (C=O) groups excluding carboxylic acids is 1. The van der Waals surface area contributed by atoms with Gasteiger partial charge in [-0.15, -0.1) is 0 Å². The van der Waals surface area contributed by atoms with Gasteiger partial charge in [-0.05, 0) is 29.7 Å². The van der Waals surface area contributed by atoms with Gasteiger partial charge in [-0.3, -0.25) is 9.89 Å². The van der Waals surface area contributed by atoms with Crippen LogP contribution in [0.3, 0.4) is 0 Å². The van der Waals surface area contributed by atoms with Crippen molar-refractivity contribution in [1.29, 1.82) is 0 Å². The molecule has 1 aromatic heterocycles. The van der Waals surface area contributed by atoms with Crippen molar-refractivity contribution in [3.63, 3.8) is 0 Å². The van der Waals surface area contributed by atoms with Crippen LogP contribution in [0.4, 0.5) is 0 Å². The Morgan fingerprint density at radius 3 is 3.00 bits per heavy atom. The van der Waals surface area contributed by atoms with Crippen LogP contribution in [0.2, 0.25) is 5.02 Å². The van der Waals surface area contributed by atoms with E-state index in [1.807, 2.05) is 0 Å². The Hall–Kier alpha value is -2.37. The van der Waals surface area contributed by atoms with E-state index in [0.29, 0.717) is 17.1 Å². The van der Waals surface area contributed by atoms with Crippen molar-refractivity contribution in [1.82, 2.24) is 20.8 Å². The summed E-state index contributed by atoms with van der Waals surface area (Å²) in [6.07, 6.45) is 2.58. The number of halogens is 1. The SMILES string of the molecule is O=C(NCC1Cc2ccccc2CN1)c1cc(Cl)c2[nH]ncc2c1. The van der Waals surface area contributed by atoms with Crippen LogP contribution in [-0.4, -0.2) is 28.7 Å². The van der Waals surface area contributed by atoms with Crippen LogP contribution in [0.15, 0.2) is 42.6 Å². The summed E-state index contributed by atoms with van der Waals surface area (Å²) in [4.78, 5) is 12.4. The van der Waals surface area contributed by atoms with Gasteiger partial charge in [-0.1, -0.05) is 35.9 Å². The number of hydrogen-bond acceptors (Lipinski definition) is 3. The van der Waals surface area contributed by atoms with Gasteiger partial charge in [-0.2, -0.15) is 5.10 Å². The van der Waals surface area contributed by atoms with Crippen LogP contribution in [0.25, 0.3) is 10.9 Å². The maximum absolute atomic E-state index is 12.4. The second-order valence-corrected chi connectivity index (χ2v) is 6.46.